The van der Waals surface area contributed by atoms with Gasteiger partial charge in [0.05, 0.1) is 0 Å². The van der Waals surface area contributed by atoms with Gasteiger partial charge < -0.3 is 10.1 Å². The van der Waals surface area contributed by atoms with Crippen LogP contribution in [-0.2, 0) is 4.74 Å². The number of nitrogens with one attached hydrogen (secondary N) is 1. The number of hydrogen-bond acceptors (Lipinski definition) is 3. The predicted molar refractivity (Wildman–Crippen MR) is 88.9 cm³/mol. The Bertz CT molecular complexity index is 423. The van der Waals surface area contributed by atoms with E-state index in [2.05, 4.69) is 36.3 Å². The normalized spacial score (nSPS) is 19.7. The van der Waals surface area contributed by atoms with Gasteiger partial charge in [-0.2, -0.15) is 0 Å². The molecule has 0 amide bonds. The number of rotatable bonds is 6. The average molecular weight is 311 g/mol. The third-order valence-electron chi connectivity index (χ3n) is 4.70. The molecule has 1 aliphatic heterocycles. The van der Waals surface area contributed by atoms with Crippen LogP contribution in [0.3, 0.4) is 0 Å². The van der Waals surface area contributed by atoms with Crippen LogP contribution in [0.4, 0.5) is 0 Å². The summed E-state index contributed by atoms with van der Waals surface area (Å²) in [4.78, 5) is 2.45. The van der Waals surface area contributed by atoms with Crippen LogP contribution in [-0.4, -0.2) is 45.3 Å². The quantitative estimate of drug-likeness (QED) is 0.872. The van der Waals surface area contributed by atoms with E-state index in [1.807, 2.05) is 19.2 Å². The molecule has 0 spiro atoms. The van der Waals surface area contributed by atoms with E-state index >= 15 is 0 Å². The Morgan fingerprint density at radius 3 is 2.48 bits per heavy atom. The summed E-state index contributed by atoms with van der Waals surface area (Å²) in [6.07, 6.45) is 2.26. The SMILES string of the molecule is CNCC1(CN(C)C(C)c2ccc(Cl)cc2)CCOCC1. The van der Waals surface area contributed by atoms with Gasteiger partial charge in [0.25, 0.3) is 0 Å². The molecule has 1 heterocycles. The molecule has 0 aliphatic carbocycles. The molecule has 21 heavy (non-hydrogen) atoms. The zero-order valence-corrected chi connectivity index (χ0v) is 14.1. The molecule has 1 fully saturated rings. The van der Waals surface area contributed by atoms with Crippen molar-refractivity contribution in [1.82, 2.24) is 10.2 Å². The number of ether oxygens (including phenoxy) is 1. The molecular formula is C17H27ClN2O. The second kappa shape index (κ2) is 7.59. The monoisotopic (exact) mass is 310 g/mol. The summed E-state index contributed by atoms with van der Waals surface area (Å²) in [6.45, 7) is 6.15. The van der Waals surface area contributed by atoms with Gasteiger partial charge in [0, 0.05) is 37.4 Å². The van der Waals surface area contributed by atoms with Crippen LogP contribution in [0.1, 0.15) is 31.4 Å². The topological polar surface area (TPSA) is 24.5 Å². The number of halogens is 1. The second-order valence-corrected chi connectivity index (χ2v) is 6.72. The van der Waals surface area contributed by atoms with Crippen molar-refractivity contribution in [1.29, 1.82) is 0 Å². The molecule has 3 nitrogen and oxygen atoms in total. The zero-order chi connectivity index (χ0) is 15.3. The first-order chi connectivity index (χ1) is 10.1. The van der Waals surface area contributed by atoms with Crippen molar-refractivity contribution in [3.05, 3.63) is 34.9 Å². The molecule has 1 aliphatic rings. The molecule has 0 saturated carbocycles. The first-order valence-electron chi connectivity index (χ1n) is 7.74. The van der Waals surface area contributed by atoms with Crippen molar-refractivity contribution in [2.24, 2.45) is 5.41 Å². The maximum absolute atomic E-state index is 5.98. The first kappa shape index (κ1) is 16.8. The van der Waals surface area contributed by atoms with Gasteiger partial charge >= 0.3 is 0 Å². The van der Waals surface area contributed by atoms with E-state index in [4.69, 9.17) is 16.3 Å². The van der Waals surface area contributed by atoms with Crippen molar-refractivity contribution in [2.45, 2.75) is 25.8 Å². The highest BCUT2D eigenvalue weighted by Crippen LogP contribution is 2.33. The summed E-state index contributed by atoms with van der Waals surface area (Å²) >= 11 is 5.98. The van der Waals surface area contributed by atoms with Crippen molar-refractivity contribution in [3.63, 3.8) is 0 Å². The molecule has 1 saturated heterocycles. The Kier molecular flexibility index (Phi) is 6.06. The molecule has 1 atom stereocenters. The summed E-state index contributed by atoms with van der Waals surface area (Å²) < 4.78 is 5.55. The minimum Gasteiger partial charge on any atom is -0.381 e. The van der Waals surface area contributed by atoms with Crippen LogP contribution in [0.2, 0.25) is 5.02 Å². The van der Waals surface area contributed by atoms with Crippen LogP contribution in [0, 0.1) is 5.41 Å². The molecule has 1 aromatic rings. The molecule has 4 heteroatoms. The third-order valence-corrected chi connectivity index (χ3v) is 4.96. The van der Waals surface area contributed by atoms with Crippen molar-refractivity contribution >= 4 is 11.6 Å². The molecule has 2 rings (SSSR count). The van der Waals surface area contributed by atoms with Crippen molar-refractivity contribution in [3.8, 4) is 0 Å². The largest absolute Gasteiger partial charge is 0.381 e. The number of benzene rings is 1. The van der Waals surface area contributed by atoms with Crippen LogP contribution >= 0.6 is 11.6 Å². The van der Waals surface area contributed by atoms with E-state index < -0.39 is 0 Å². The third kappa shape index (κ3) is 4.43. The summed E-state index contributed by atoms with van der Waals surface area (Å²) in [5, 5.41) is 4.17. The minimum absolute atomic E-state index is 0.322. The lowest BCUT2D eigenvalue weighted by molar-refractivity contribution is -0.00492. The molecular weight excluding hydrogens is 284 g/mol. The van der Waals surface area contributed by atoms with E-state index in [0.29, 0.717) is 11.5 Å². The van der Waals surface area contributed by atoms with Gasteiger partial charge in [0.2, 0.25) is 0 Å². The van der Waals surface area contributed by atoms with Gasteiger partial charge in [0.15, 0.2) is 0 Å². The standard InChI is InChI=1S/C17H27ClN2O/c1-14(15-4-6-16(18)7-5-15)20(3)13-17(12-19-2)8-10-21-11-9-17/h4-7,14,19H,8-13H2,1-3H3. The Balaban J connectivity index is 2.03. The average Bonchev–Trinajstić information content (AvgIpc) is 2.48. The van der Waals surface area contributed by atoms with Crippen molar-refractivity contribution in [2.75, 3.05) is 40.4 Å². The Morgan fingerprint density at radius 1 is 1.29 bits per heavy atom. The molecule has 1 N–H and O–H groups in total. The Morgan fingerprint density at radius 2 is 1.90 bits per heavy atom. The maximum Gasteiger partial charge on any atom is 0.0472 e. The minimum atomic E-state index is 0.322. The van der Waals surface area contributed by atoms with Crippen LogP contribution in [0.25, 0.3) is 0 Å². The first-order valence-corrected chi connectivity index (χ1v) is 8.12. The highest BCUT2D eigenvalue weighted by Gasteiger charge is 2.34. The fourth-order valence-corrected chi connectivity index (χ4v) is 3.36. The lowest BCUT2D eigenvalue weighted by Crippen LogP contribution is -2.46. The van der Waals surface area contributed by atoms with E-state index in [0.717, 1.165) is 44.2 Å². The van der Waals surface area contributed by atoms with Gasteiger partial charge in [-0.05, 0) is 57.0 Å². The van der Waals surface area contributed by atoms with Gasteiger partial charge in [-0.3, -0.25) is 4.90 Å². The number of nitrogens with zero attached hydrogens (tertiary/aromatic N) is 1. The number of hydrogen-bond donors (Lipinski definition) is 1. The fourth-order valence-electron chi connectivity index (χ4n) is 3.23. The molecule has 1 unspecified atom stereocenters. The van der Waals surface area contributed by atoms with Crippen molar-refractivity contribution < 1.29 is 4.74 Å². The van der Waals surface area contributed by atoms with Gasteiger partial charge in [0.1, 0.15) is 0 Å². The molecule has 0 bridgehead atoms. The van der Waals surface area contributed by atoms with E-state index in [1.165, 1.54) is 5.56 Å². The lowest BCUT2D eigenvalue weighted by atomic mass is 9.79. The van der Waals surface area contributed by atoms with Gasteiger partial charge in [-0.15, -0.1) is 0 Å². The molecule has 118 valence electrons. The van der Waals surface area contributed by atoms with Gasteiger partial charge in [-0.25, -0.2) is 0 Å². The molecule has 0 radical (unpaired) electrons. The van der Waals surface area contributed by atoms with Crippen LogP contribution in [0.15, 0.2) is 24.3 Å². The van der Waals surface area contributed by atoms with Crippen LogP contribution < -0.4 is 5.32 Å². The van der Waals surface area contributed by atoms with E-state index in [1.54, 1.807) is 0 Å². The Labute approximate surface area is 133 Å². The highest BCUT2D eigenvalue weighted by atomic mass is 35.5. The van der Waals surface area contributed by atoms with Crippen LogP contribution in [0.5, 0.6) is 0 Å². The fraction of sp³-hybridized carbons (Fsp3) is 0.647. The summed E-state index contributed by atoms with van der Waals surface area (Å²) in [6, 6.07) is 8.58. The summed E-state index contributed by atoms with van der Waals surface area (Å²) in [5.41, 5.74) is 1.64. The predicted octanol–water partition coefficient (Wildman–Crippen LogP) is 3.35. The summed E-state index contributed by atoms with van der Waals surface area (Å²) in [5.74, 6) is 0. The highest BCUT2D eigenvalue weighted by molar-refractivity contribution is 6.30. The van der Waals surface area contributed by atoms with E-state index in [-0.39, 0.29) is 0 Å². The molecule has 0 aromatic heterocycles. The summed E-state index contributed by atoms with van der Waals surface area (Å²) in [7, 11) is 4.26. The smallest absolute Gasteiger partial charge is 0.0472 e. The maximum atomic E-state index is 5.98. The molecule has 1 aromatic carbocycles. The van der Waals surface area contributed by atoms with Gasteiger partial charge in [-0.1, -0.05) is 23.7 Å². The van der Waals surface area contributed by atoms with E-state index in [9.17, 15) is 0 Å². The lowest BCUT2D eigenvalue weighted by Gasteiger charge is -2.41. The zero-order valence-electron chi connectivity index (χ0n) is 13.4. The second-order valence-electron chi connectivity index (χ2n) is 6.29. The Hall–Kier alpha value is -0.610.